The number of carbonyl (C=O) groups is 1. The predicted octanol–water partition coefficient (Wildman–Crippen LogP) is 3.33. The molecular weight excluding hydrogens is 418 g/mol. The van der Waals surface area contributed by atoms with Crippen molar-refractivity contribution in [3.8, 4) is 10.6 Å². The summed E-state index contributed by atoms with van der Waals surface area (Å²) in [5.41, 5.74) is 4.50. The van der Waals surface area contributed by atoms with Crippen molar-refractivity contribution in [3.05, 3.63) is 46.2 Å². The lowest BCUT2D eigenvalue weighted by Crippen LogP contribution is -2.48. The minimum Gasteiger partial charge on any atom is -0.355 e. The molecule has 9 heteroatoms. The first-order chi connectivity index (χ1) is 14.5. The Bertz CT molecular complexity index is 987. The number of piperazine rings is 1. The fourth-order valence-electron chi connectivity index (χ4n) is 3.67. The summed E-state index contributed by atoms with van der Waals surface area (Å²) < 4.78 is 7.35. The van der Waals surface area contributed by atoms with E-state index in [0.29, 0.717) is 11.5 Å². The van der Waals surface area contributed by atoms with Crippen molar-refractivity contribution < 1.29 is 9.32 Å². The van der Waals surface area contributed by atoms with E-state index in [0.717, 1.165) is 54.7 Å². The van der Waals surface area contributed by atoms with Crippen LogP contribution in [0.2, 0.25) is 0 Å². The molecule has 0 radical (unpaired) electrons. The second-order valence-electron chi connectivity index (χ2n) is 7.58. The first-order valence-corrected chi connectivity index (χ1v) is 12.1. The molecule has 1 aliphatic heterocycles. The van der Waals surface area contributed by atoms with Gasteiger partial charge in [0.15, 0.2) is 5.76 Å². The van der Waals surface area contributed by atoms with Crippen LogP contribution in [0.15, 0.2) is 28.1 Å². The summed E-state index contributed by atoms with van der Waals surface area (Å²) in [7, 11) is 1.99. The van der Waals surface area contributed by atoms with E-state index in [-0.39, 0.29) is 5.91 Å². The average Bonchev–Trinajstić information content (AvgIpc) is 3.47. The van der Waals surface area contributed by atoms with Crippen LogP contribution < -0.4 is 0 Å². The van der Waals surface area contributed by atoms with Gasteiger partial charge in [0.1, 0.15) is 0 Å². The highest BCUT2D eigenvalue weighted by atomic mass is 32.2. The number of carbonyl (C=O) groups excluding carboxylic acids is 1. The maximum atomic E-state index is 12.6. The van der Waals surface area contributed by atoms with Crippen LogP contribution in [0.25, 0.3) is 10.6 Å². The molecule has 3 aromatic rings. The highest BCUT2D eigenvalue weighted by Crippen LogP contribution is 2.26. The van der Waals surface area contributed by atoms with Gasteiger partial charge in [-0.15, -0.1) is 23.1 Å². The summed E-state index contributed by atoms with van der Waals surface area (Å²) in [6, 6.07) is 5.97. The molecule has 0 N–H and O–H groups in total. The third-order valence-corrected chi connectivity index (χ3v) is 7.40. The maximum Gasteiger partial charge on any atom is 0.232 e. The van der Waals surface area contributed by atoms with Gasteiger partial charge in [-0.3, -0.25) is 14.4 Å². The standard InChI is InChI=1S/C21H27N5O2S2/c1-15-18(16(2)24(3)22-15)12-25-6-8-26(9-7-25)21(27)14-29-13-17-11-19(28-23-17)20-5-4-10-30-20/h4-5,10-11H,6-9,12-14H2,1-3H3. The topological polar surface area (TPSA) is 67.4 Å². The molecule has 0 bridgehead atoms. The van der Waals surface area contributed by atoms with Crippen molar-refractivity contribution in [1.29, 1.82) is 0 Å². The first-order valence-electron chi connectivity index (χ1n) is 10.1. The monoisotopic (exact) mass is 445 g/mol. The van der Waals surface area contributed by atoms with Gasteiger partial charge < -0.3 is 9.42 Å². The molecule has 0 spiro atoms. The third-order valence-electron chi connectivity index (χ3n) is 5.56. The molecule has 0 saturated carbocycles. The van der Waals surface area contributed by atoms with Gasteiger partial charge in [-0.1, -0.05) is 11.2 Å². The fraction of sp³-hybridized carbons (Fsp3) is 0.476. The zero-order chi connectivity index (χ0) is 21.1. The smallest absolute Gasteiger partial charge is 0.232 e. The van der Waals surface area contributed by atoms with Crippen LogP contribution in [-0.4, -0.2) is 62.6 Å². The van der Waals surface area contributed by atoms with Gasteiger partial charge in [-0.25, -0.2) is 0 Å². The normalized spacial score (nSPS) is 15.1. The van der Waals surface area contributed by atoms with E-state index in [9.17, 15) is 4.79 Å². The van der Waals surface area contributed by atoms with E-state index in [2.05, 4.69) is 29.0 Å². The number of nitrogens with zero attached hydrogens (tertiary/aromatic N) is 5. The molecule has 7 nitrogen and oxygen atoms in total. The van der Waals surface area contributed by atoms with Crippen LogP contribution in [-0.2, 0) is 24.1 Å². The lowest BCUT2D eigenvalue weighted by atomic mass is 10.1. The molecule has 1 amide bonds. The number of aromatic nitrogens is 3. The predicted molar refractivity (Wildman–Crippen MR) is 121 cm³/mol. The molecule has 0 unspecified atom stereocenters. The SMILES string of the molecule is Cc1nn(C)c(C)c1CN1CCN(C(=O)CSCc2cc(-c3cccs3)on2)CC1. The molecule has 4 heterocycles. The van der Waals surface area contributed by atoms with Crippen LogP contribution in [0.5, 0.6) is 0 Å². The van der Waals surface area contributed by atoms with Gasteiger partial charge in [-0.2, -0.15) is 5.10 Å². The molecule has 0 aliphatic carbocycles. The van der Waals surface area contributed by atoms with Gasteiger partial charge in [0.05, 0.1) is 22.0 Å². The highest BCUT2D eigenvalue weighted by Gasteiger charge is 2.22. The van der Waals surface area contributed by atoms with Crippen LogP contribution >= 0.6 is 23.1 Å². The zero-order valence-electron chi connectivity index (χ0n) is 17.6. The summed E-state index contributed by atoms with van der Waals surface area (Å²) in [5, 5.41) is 10.6. The van der Waals surface area contributed by atoms with E-state index in [1.807, 2.05) is 40.2 Å². The molecule has 1 aliphatic rings. The number of amides is 1. The molecule has 30 heavy (non-hydrogen) atoms. The highest BCUT2D eigenvalue weighted by molar-refractivity contribution is 7.99. The first kappa shape index (κ1) is 21.1. The summed E-state index contributed by atoms with van der Waals surface area (Å²) in [6.07, 6.45) is 0. The molecule has 1 fully saturated rings. The lowest BCUT2D eigenvalue weighted by Gasteiger charge is -2.34. The molecule has 160 valence electrons. The van der Waals surface area contributed by atoms with Crippen molar-refractivity contribution in [2.45, 2.75) is 26.1 Å². The minimum absolute atomic E-state index is 0.204. The quantitative estimate of drug-likeness (QED) is 0.556. The van der Waals surface area contributed by atoms with Gasteiger partial charge in [0.25, 0.3) is 0 Å². The van der Waals surface area contributed by atoms with Crippen molar-refractivity contribution >= 4 is 29.0 Å². The van der Waals surface area contributed by atoms with E-state index >= 15 is 0 Å². The Labute approximate surface area is 185 Å². The van der Waals surface area contributed by atoms with E-state index in [1.54, 1.807) is 23.1 Å². The van der Waals surface area contributed by atoms with Crippen molar-refractivity contribution in [2.75, 3.05) is 31.9 Å². The van der Waals surface area contributed by atoms with Crippen LogP contribution in [0.3, 0.4) is 0 Å². The summed E-state index contributed by atoms with van der Waals surface area (Å²) >= 11 is 3.22. The summed E-state index contributed by atoms with van der Waals surface area (Å²) in [6.45, 7) is 8.45. The Morgan fingerprint density at radius 2 is 2.07 bits per heavy atom. The Balaban J connectivity index is 1.20. The van der Waals surface area contributed by atoms with E-state index in [4.69, 9.17) is 4.52 Å². The summed E-state index contributed by atoms with van der Waals surface area (Å²) in [5.74, 6) is 2.15. The lowest BCUT2D eigenvalue weighted by molar-refractivity contribution is -0.130. The summed E-state index contributed by atoms with van der Waals surface area (Å²) in [4.78, 5) is 18.1. The van der Waals surface area contributed by atoms with Crippen molar-refractivity contribution in [3.63, 3.8) is 0 Å². The second kappa shape index (κ2) is 9.36. The zero-order valence-corrected chi connectivity index (χ0v) is 19.3. The van der Waals surface area contributed by atoms with Gasteiger partial charge in [0, 0.05) is 62.8 Å². The van der Waals surface area contributed by atoms with Crippen molar-refractivity contribution in [2.24, 2.45) is 7.05 Å². The number of hydrogen-bond donors (Lipinski definition) is 0. The van der Waals surface area contributed by atoms with Crippen LogP contribution in [0, 0.1) is 13.8 Å². The number of rotatable bonds is 7. The number of thiophene rings is 1. The van der Waals surface area contributed by atoms with Gasteiger partial charge in [0.2, 0.25) is 5.91 Å². The van der Waals surface area contributed by atoms with Crippen LogP contribution in [0.1, 0.15) is 22.6 Å². The Hall–Kier alpha value is -2.10. The Morgan fingerprint density at radius 1 is 1.27 bits per heavy atom. The molecule has 0 aromatic carbocycles. The largest absolute Gasteiger partial charge is 0.355 e. The second-order valence-corrected chi connectivity index (χ2v) is 9.52. The molecule has 1 saturated heterocycles. The Kier molecular flexibility index (Phi) is 6.60. The van der Waals surface area contributed by atoms with Crippen molar-refractivity contribution in [1.82, 2.24) is 24.7 Å². The van der Waals surface area contributed by atoms with E-state index in [1.165, 1.54) is 11.3 Å². The fourth-order valence-corrected chi connectivity index (χ4v) is 5.15. The Morgan fingerprint density at radius 3 is 2.73 bits per heavy atom. The van der Waals surface area contributed by atoms with Gasteiger partial charge >= 0.3 is 0 Å². The van der Waals surface area contributed by atoms with Gasteiger partial charge in [-0.05, 0) is 25.3 Å². The molecule has 3 aromatic heterocycles. The number of thioether (sulfide) groups is 1. The molecule has 0 atom stereocenters. The van der Waals surface area contributed by atoms with Crippen LogP contribution in [0.4, 0.5) is 0 Å². The maximum absolute atomic E-state index is 12.6. The number of hydrogen-bond acceptors (Lipinski definition) is 7. The minimum atomic E-state index is 0.204. The number of aryl methyl sites for hydroxylation is 2. The average molecular weight is 446 g/mol. The third kappa shape index (κ3) is 4.79. The molecular formula is C21H27N5O2S2. The molecule has 4 rings (SSSR count). The van der Waals surface area contributed by atoms with E-state index < -0.39 is 0 Å².